The molecule has 0 aromatic carbocycles. The normalized spacial score (nSPS) is 26.1. The van der Waals surface area contributed by atoms with E-state index in [0.29, 0.717) is 12.4 Å². The average molecular weight is 496 g/mol. The van der Waals surface area contributed by atoms with Crippen LogP contribution < -0.4 is 10.6 Å². The highest BCUT2D eigenvalue weighted by molar-refractivity contribution is 5.59. The summed E-state index contributed by atoms with van der Waals surface area (Å²) in [5.74, 6) is 1.72. The molecule has 4 aliphatic rings. The van der Waals surface area contributed by atoms with Crippen LogP contribution in [0.5, 0.6) is 0 Å². The number of nitrogens with one attached hydrogen (secondary N) is 2. The molecule has 4 heterocycles. The first-order valence-corrected chi connectivity index (χ1v) is 12.8. The summed E-state index contributed by atoms with van der Waals surface area (Å²) < 4.78 is 22.9. The number of likely N-dealkylation sites (tertiary alicyclic amines) is 1. The summed E-state index contributed by atoms with van der Waals surface area (Å²) in [5, 5.41) is 19.1. The number of fused-ring (bicyclic) bond motifs is 3. The number of hydrogen-bond donors (Lipinski definition) is 2. The largest absolute Gasteiger partial charge is 0.477 e. The predicted molar refractivity (Wildman–Crippen MR) is 133 cm³/mol. The van der Waals surface area contributed by atoms with Crippen LogP contribution in [0.3, 0.4) is 0 Å². The third-order valence-electron chi connectivity index (χ3n) is 8.48. The Hall–Kier alpha value is -3.08. The minimum Gasteiger partial charge on any atom is -0.477 e. The zero-order valence-corrected chi connectivity index (χ0v) is 21.5. The van der Waals surface area contributed by atoms with Crippen molar-refractivity contribution >= 4 is 17.5 Å². The SMILES string of the molecule is CN1C(C)(C)CC(Nc2nc(NC3C=CC4=C(C3)n3nnnc3C3(CCC3)O4)ncc2F)CC1(C)C. The maximum absolute atomic E-state index is 14.7. The summed E-state index contributed by atoms with van der Waals surface area (Å²) in [6.45, 7) is 8.90. The number of hydrogen-bond acceptors (Lipinski definition) is 9. The average Bonchev–Trinajstić information content (AvgIpc) is 3.28. The fraction of sp³-hybridized carbons (Fsp3) is 0.640. The van der Waals surface area contributed by atoms with Crippen LogP contribution in [-0.2, 0) is 10.3 Å². The quantitative estimate of drug-likeness (QED) is 0.657. The smallest absolute Gasteiger partial charge is 0.225 e. The molecule has 1 unspecified atom stereocenters. The first-order valence-electron chi connectivity index (χ1n) is 12.8. The number of nitrogens with zero attached hydrogens (tertiary/aromatic N) is 7. The molecule has 11 heteroatoms. The monoisotopic (exact) mass is 495 g/mol. The lowest BCUT2D eigenvalue weighted by Gasteiger charge is -2.53. The fourth-order valence-corrected chi connectivity index (χ4v) is 6.16. The van der Waals surface area contributed by atoms with E-state index < -0.39 is 11.4 Å². The molecular weight excluding hydrogens is 461 g/mol. The number of halogens is 1. The molecule has 1 atom stereocenters. The van der Waals surface area contributed by atoms with Crippen molar-refractivity contribution in [1.29, 1.82) is 0 Å². The summed E-state index contributed by atoms with van der Waals surface area (Å²) >= 11 is 0. The lowest BCUT2D eigenvalue weighted by atomic mass is 9.77. The molecule has 10 nitrogen and oxygen atoms in total. The Morgan fingerprint density at radius 1 is 1.11 bits per heavy atom. The van der Waals surface area contributed by atoms with Crippen LogP contribution in [0.1, 0.15) is 72.0 Å². The van der Waals surface area contributed by atoms with E-state index in [1.54, 1.807) is 0 Å². The van der Waals surface area contributed by atoms with Gasteiger partial charge in [0.2, 0.25) is 5.95 Å². The Kier molecular flexibility index (Phi) is 5.16. The first-order chi connectivity index (χ1) is 17.1. The number of piperidine rings is 1. The van der Waals surface area contributed by atoms with Crippen LogP contribution >= 0.6 is 0 Å². The second-order valence-corrected chi connectivity index (χ2v) is 11.8. The van der Waals surface area contributed by atoms with Crippen LogP contribution in [0.2, 0.25) is 0 Å². The predicted octanol–water partition coefficient (Wildman–Crippen LogP) is 3.68. The van der Waals surface area contributed by atoms with Gasteiger partial charge in [0.15, 0.2) is 23.1 Å². The Morgan fingerprint density at radius 2 is 1.86 bits per heavy atom. The van der Waals surface area contributed by atoms with Gasteiger partial charge in [-0.2, -0.15) is 9.67 Å². The van der Waals surface area contributed by atoms with E-state index in [9.17, 15) is 4.39 Å². The van der Waals surface area contributed by atoms with E-state index in [1.165, 1.54) is 6.20 Å². The summed E-state index contributed by atoms with van der Waals surface area (Å²) in [6.07, 6.45) is 10.5. The van der Waals surface area contributed by atoms with Gasteiger partial charge in [-0.05, 0) is 83.3 Å². The number of rotatable bonds is 4. The molecule has 2 aromatic heterocycles. The third kappa shape index (κ3) is 3.75. The fourth-order valence-electron chi connectivity index (χ4n) is 6.16. The van der Waals surface area contributed by atoms with Crippen LogP contribution in [-0.4, -0.2) is 65.3 Å². The van der Waals surface area contributed by atoms with Crippen molar-refractivity contribution in [2.24, 2.45) is 0 Å². The highest BCUT2D eigenvalue weighted by atomic mass is 19.1. The number of tetrazole rings is 1. The van der Waals surface area contributed by atoms with Crippen molar-refractivity contribution in [2.45, 2.75) is 95.0 Å². The molecule has 192 valence electrons. The number of aromatic nitrogens is 6. The van der Waals surface area contributed by atoms with Gasteiger partial charge in [-0.1, -0.05) is 6.08 Å². The molecule has 2 aliphatic heterocycles. The van der Waals surface area contributed by atoms with E-state index in [0.717, 1.165) is 49.4 Å². The molecule has 1 spiro atoms. The van der Waals surface area contributed by atoms with Crippen LogP contribution in [0.15, 0.2) is 24.1 Å². The minimum absolute atomic E-state index is 0.0163. The Bertz CT molecular complexity index is 1230. The molecule has 2 N–H and O–H groups in total. The maximum atomic E-state index is 14.7. The van der Waals surface area contributed by atoms with E-state index in [2.05, 4.69) is 75.8 Å². The van der Waals surface area contributed by atoms with Gasteiger partial charge in [0.25, 0.3) is 0 Å². The highest BCUT2D eigenvalue weighted by Crippen LogP contribution is 2.50. The van der Waals surface area contributed by atoms with Gasteiger partial charge in [-0.15, -0.1) is 5.10 Å². The van der Waals surface area contributed by atoms with Crippen molar-refractivity contribution in [3.8, 4) is 0 Å². The molecule has 6 rings (SSSR count). The summed E-state index contributed by atoms with van der Waals surface area (Å²) in [5.41, 5.74) is 0.475. The minimum atomic E-state index is -0.455. The molecule has 0 radical (unpaired) electrons. The second-order valence-electron chi connectivity index (χ2n) is 11.8. The van der Waals surface area contributed by atoms with Gasteiger partial charge in [0, 0.05) is 23.5 Å². The molecule has 0 amide bonds. The Balaban J connectivity index is 1.18. The van der Waals surface area contributed by atoms with Crippen molar-refractivity contribution < 1.29 is 9.13 Å². The molecule has 2 fully saturated rings. The standard InChI is InChI=1S/C25H34FN9O/c1-23(2)12-16(13-24(3,4)34(23)5)28-20-17(26)14-27-22(30-20)29-15-7-8-19-18(11-15)35-21(31-32-33-35)25(36-19)9-6-10-25/h7-8,14-16H,6,9-13H2,1-5H3,(H2,27,28,29,30). The highest BCUT2D eigenvalue weighted by Gasteiger charge is 2.50. The van der Waals surface area contributed by atoms with Gasteiger partial charge in [0.1, 0.15) is 5.76 Å². The van der Waals surface area contributed by atoms with Gasteiger partial charge < -0.3 is 15.4 Å². The molecule has 1 saturated carbocycles. The first kappa shape index (κ1) is 23.3. The zero-order valence-electron chi connectivity index (χ0n) is 21.5. The Morgan fingerprint density at radius 3 is 2.56 bits per heavy atom. The lowest BCUT2D eigenvalue weighted by Crippen LogP contribution is -2.61. The van der Waals surface area contributed by atoms with E-state index >= 15 is 0 Å². The molecule has 2 aromatic rings. The number of ether oxygens (including phenoxy) is 1. The molecule has 1 saturated heterocycles. The topological polar surface area (TPSA) is 106 Å². The molecule has 36 heavy (non-hydrogen) atoms. The van der Waals surface area contributed by atoms with Gasteiger partial charge in [-0.3, -0.25) is 4.90 Å². The maximum Gasteiger partial charge on any atom is 0.225 e. The zero-order chi connectivity index (χ0) is 25.3. The lowest BCUT2D eigenvalue weighted by molar-refractivity contribution is -0.0779. The van der Waals surface area contributed by atoms with Crippen molar-refractivity contribution in [2.75, 3.05) is 17.7 Å². The molecule has 2 aliphatic carbocycles. The van der Waals surface area contributed by atoms with Gasteiger partial charge in [0.05, 0.1) is 17.9 Å². The van der Waals surface area contributed by atoms with Crippen LogP contribution in [0.4, 0.5) is 16.2 Å². The number of allylic oxidation sites excluding steroid dienone is 1. The number of anilines is 2. The van der Waals surface area contributed by atoms with E-state index in [4.69, 9.17) is 4.74 Å². The third-order valence-corrected chi connectivity index (χ3v) is 8.48. The molecule has 0 bridgehead atoms. The van der Waals surface area contributed by atoms with E-state index in [1.807, 2.05) is 16.8 Å². The Labute approximate surface area is 210 Å². The van der Waals surface area contributed by atoms with Gasteiger partial charge >= 0.3 is 0 Å². The summed E-state index contributed by atoms with van der Waals surface area (Å²) in [7, 11) is 2.16. The summed E-state index contributed by atoms with van der Waals surface area (Å²) in [4.78, 5) is 11.1. The van der Waals surface area contributed by atoms with Crippen LogP contribution in [0.25, 0.3) is 5.70 Å². The second kappa shape index (κ2) is 7.96. The summed E-state index contributed by atoms with van der Waals surface area (Å²) in [6, 6.07) is -0.0125. The van der Waals surface area contributed by atoms with Gasteiger partial charge in [-0.25, -0.2) is 9.37 Å². The molecular formula is C25H34FN9O. The van der Waals surface area contributed by atoms with Crippen molar-refractivity contribution in [1.82, 2.24) is 35.1 Å². The van der Waals surface area contributed by atoms with E-state index in [-0.39, 0.29) is 29.0 Å². The van der Waals surface area contributed by atoms with Crippen molar-refractivity contribution in [3.63, 3.8) is 0 Å². The van der Waals surface area contributed by atoms with Crippen molar-refractivity contribution in [3.05, 3.63) is 35.7 Å². The van der Waals surface area contributed by atoms with Crippen LogP contribution in [0, 0.1) is 5.82 Å².